The number of hydrogen-bond donors (Lipinski definition) is 1. The highest BCUT2D eigenvalue weighted by molar-refractivity contribution is 5.80. The molecule has 2 aliphatic rings. The molecule has 0 unspecified atom stereocenters. The van der Waals surface area contributed by atoms with Crippen LogP contribution in [0, 0.1) is 25.2 Å². The maximum absolute atomic E-state index is 12.6. The fourth-order valence-corrected chi connectivity index (χ4v) is 5.06. The van der Waals surface area contributed by atoms with Crippen LogP contribution in [0.2, 0.25) is 0 Å². The van der Waals surface area contributed by atoms with E-state index in [0.717, 1.165) is 13.0 Å². The van der Waals surface area contributed by atoms with E-state index < -0.39 is 0 Å². The molecule has 1 amide bonds. The van der Waals surface area contributed by atoms with E-state index in [1.165, 1.54) is 42.4 Å². The molecule has 2 fully saturated rings. The maximum Gasteiger partial charge on any atom is 0.228 e. The van der Waals surface area contributed by atoms with E-state index in [1.54, 1.807) is 0 Å². The Labute approximate surface area is 152 Å². The van der Waals surface area contributed by atoms with Gasteiger partial charge in [-0.25, -0.2) is 0 Å². The number of aryl methyl sites for hydroxylation is 2. The molecule has 1 aliphatic carbocycles. The van der Waals surface area contributed by atoms with Crippen LogP contribution in [0.15, 0.2) is 18.2 Å². The molecule has 25 heavy (non-hydrogen) atoms. The first kappa shape index (κ1) is 18.4. The fourth-order valence-electron chi connectivity index (χ4n) is 5.06. The Balaban J connectivity index is 1.62. The fraction of sp³-hybridized carbons (Fsp3) is 0.682. The first-order valence-electron chi connectivity index (χ1n) is 9.89. The number of benzene rings is 1. The van der Waals surface area contributed by atoms with Crippen molar-refractivity contribution in [1.29, 1.82) is 0 Å². The van der Waals surface area contributed by atoms with Crippen molar-refractivity contribution in [1.82, 2.24) is 4.90 Å². The molecule has 1 aliphatic heterocycles. The lowest BCUT2D eigenvalue weighted by molar-refractivity contribution is -0.163. The summed E-state index contributed by atoms with van der Waals surface area (Å²) in [6, 6.07) is 7.27. The third kappa shape index (κ3) is 3.36. The van der Waals surface area contributed by atoms with Crippen molar-refractivity contribution in [2.75, 3.05) is 13.2 Å². The predicted octanol–water partition coefficient (Wildman–Crippen LogP) is 4.20. The van der Waals surface area contributed by atoms with Crippen LogP contribution in [0.5, 0.6) is 0 Å². The summed E-state index contributed by atoms with van der Waals surface area (Å²) in [6.07, 6.45) is 5.61. The Hall–Kier alpha value is -1.35. The summed E-state index contributed by atoms with van der Waals surface area (Å²) in [6.45, 7) is 9.42. The second kappa shape index (κ2) is 7.11. The second-order valence-electron chi connectivity index (χ2n) is 8.49. The van der Waals surface area contributed by atoms with E-state index in [2.05, 4.69) is 39.0 Å². The third-order valence-electron chi connectivity index (χ3n) is 6.88. The smallest absolute Gasteiger partial charge is 0.228 e. The minimum atomic E-state index is -0.216. The number of carbonyl (C=O) groups is 1. The van der Waals surface area contributed by atoms with Crippen molar-refractivity contribution in [3.05, 3.63) is 34.9 Å². The standard InChI is InChI=1S/C22H33NO2/c1-5-18(13-24)21(25)23-14-22(17(23)4)8-6-19(7-9-22)20-11-15(2)10-16(3)12-20/h10-12,17-19,24H,5-9,13-14H2,1-4H3/t17-,18+,19-,22-/m0/s1. The maximum atomic E-state index is 12.6. The number of nitrogens with zero attached hydrogens (tertiary/aromatic N) is 1. The Kier molecular flexibility index (Phi) is 5.24. The summed E-state index contributed by atoms with van der Waals surface area (Å²) in [4.78, 5) is 14.6. The molecule has 0 bridgehead atoms. The van der Waals surface area contributed by atoms with Gasteiger partial charge < -0.3 is 10.0 Å². The average Bonchev–Trinajstić information content (AvgIpc) is 2.60. The van der Waals surface area contributed by atoms with E-state index in [1.807, 2.05) is 11.8 Å². The van der Waals surface area contributed by atoms with E-state index in [4.69, 9.17) is 0 Å². The molecule has 3 rings (SSSR count). The normalized spacial score (nSPS) is 30.2. The van der Waals surface area contributed by atoms with Gasteiger partial charge in [0.1, 0.15) is 0 Å². The number of amides is 1. The molecule has 3 heteroatoms. The zero-order valence-corrected chi connectivity index (χ0v) is 16.2. The molecule has 1 saturated heterocycles. The van der Waals surface area contributed by atoms with Gasteiger partial charge in [-0.3, -0.25) is 4.79 Å². The van der Waals surface area contributed by atoms with Crippen LogP contribution in [0.4, 0.5) is 0 Å². The molecule has 2 atom stereocenters. The summed E-state index contributed by atoms with van der Waals surface area (Å²) in [5, 5.41) is 9.41. The van der Waals surface area contributed by atoms with Crippen LogP contribution >= 0.6 is 0 Å². The number of carbonyl (C=O) groups excluding carboxylic acids is 1. The highest BCUT2D eigenvalue weighted by Crippen LogP contribution is 2.52. The number of hydrogen-bond acceptors (Lipinski definition) is 2. The summed E-state index contributed by atoms with van der Waals surface area (Å²) in [5.41, 5.74) is 4.54. The predicted molar refractivity (Wildman–Crippen MR) is 102 cm³/mol. The van der Waals surface area contributed by atoms with Gasteiger partial charge in [0.25, 0.3) is 0 Å². The van der Waals surface area contributed by atoms with Gasteiger partial charge in [0.15, 0.2) is 0 Å². The Morgan fingerprint density at radius 1 is 1.24 bits per heavy atom. The Morgan fingerprint density at radius 3 is 2.32 bits per heavy atom. The monoisotopic (exact) mass is 343 g/mol. The minimum absolute atomic E-state index is 0.0274. The number of rotatable bonds is 4. The van der Waals surface area contributed by atoms with Crippen LogP contribution in [0.25, 0.3) is 0 Å². The third-order valence-corrected chi connectivity index (χ3v) is 6.88. The molecule has 1 aromatic rings. The largest absolute Gasteiger partial charge is 0.396 e. The topological polar surface area (TPSA) is 40.5 Å². The Morgan fingerprint density at radius 2 is 1.84 bits per heavy atom. The van der Waals surface area contributed by atoms with Gasteiger partial charge in [-0.15, -0.1) is 0 Å². The minimum Gasteiger partial charge on any atom is -0.396 e. The number of likely N-dealkylation sites (tertiary alicyclic amines) is 1. The molecular weight excluding hydrogens is 310 g/mol. The molecule has 0 radical (unpaired) electrons. The highest BCUT2D eigenvalue weighted by Gasteiger charge is 2.53. The zero-order valence-electron chi connectivity index (χ0n) is 16.2. The number of aliphatic hydroxyl groups is 1. The van der Waals surface area contributed by atoms with Crippen LogP contribution in [-0.2, 0) is 4.79 Å². The number of aliphatic hydroxyl groups excluding tert-OH is 1. The first-order chi connectivity index (χ1) is 11.9. The van der Waals surface area contributed by atoms with E-state index in [9.17, 15) is 9.90 Å². The van der Waals surface area contributed by atoms with Crippen LogP contribution in [0.1, 0.15) is 68.6 Å². The first-order valence-corrected chi connectivity index (χ1v) is 9.89. The SMILES string of the molecule is CC[C@H](CO)C(=O)N1C[C@]2(CC[C@@H](c3cc(C)cc(C)c3)CC2)[C@@H]1C. The van der Waals surface area contributed by atoms with Gasteiger partial charge in [-0.2, -0.15) is 0 Å². The molecule has 1 aromatic carbocycles. The highest BCUT2D eigenvalue weighted by atomic mass is 16.3. The molecule has 1 saturated carbocycles. The molecule has 138 valence electrons. The van der Waals surface area contributed by atoms with Crippen LogP contribution < -0.4 is 0 Å². The van der Waals surface area contributed by atoms with Crippen LogP contribution in [-0.4, -0.2) is 35.1 Å². The lowest BCUT2D eigenvalue weighted by Gasteiger charge is -2.59. The summed E-state index contributed by atoms with van der Waals surface area (Å²) < 4.78 is 0. The lowest BCUT2D eigenvalue weighted by Crippen LogP contribution is -2.66. The average molecular weight is 344 g/mol. The molecule has 1 N–H and O–H groups in total. The molecule has 1 spiro atoms. The Bertz CT molecular complexity index is 607. The van der Waals surface area contributed by atoms with Crippen molar-refractivity contribution < 1.29 is 9.90 Å². The van der Waals surface area contributed by atoms with Gasteiger partial charge in [-0.05, 0) is 64.4 Å². The quantitative estimate of drug-likeness (QED) is 0.890. The van der Waals surface area contributed by atoms with Crippen LogP contribution in [0.3, 0.4) is 0 Å². The zero-order chi connectivity index (χ0) is 18.2. The van der Waals surface area contributed by atoms with E-state index in [-0.39, 0.29) is 18.4 Å². The van der Waals surface area contributed by atoms with Crippen molar-refractivity contribution in [3.63, 3.8) is 0 Å². The van der Waals surface area contributed by atoms with E-state index in [0.29, 0.717) is 17.4 Å². The summed E-state index contributed by atoms with van der Waals surface area (Å²) >= 11 is 0. The van der Waals surface area contributed by atoms with Gasteiger partial charge in [0, 0.05) is 18.0 Å². The van der Waals surface area contributed by atoms with Crippen molar-refractivity contribution >= 4 is 5.91 Å². The molecule has 3 nitrogen and oxygen atoms in total. The van der Waals surface area contributed by atoms with Gasteiger partial charge in [0.2, 0.25) is 5.91 Å². The summed E-state index contributed by atoms with van der Waals surface area (Å²) in [5.74, 6) is 0.605. The second-order valence-corrected chi connectivity index (χ2v) is 8.49. The van der Waals surface area contributed by atoms with Gasteiger partial charge in [0.05, 0.1) is 12.5 Å². The van der Waals surface area contributed by atoms with Gasteiger partial charge in [-0.1, -0.05) is 36.2 Å². The molecular formula is C22H33NO2. The van der Waals surface area contributed by atoms with Gasteiger partial charge >= 0.3 is 0 Å². The summed E-state index contributed by atoms with van der Waals surface area (Å²) in [7, 11) is 0. The molecule has 0 aromatic heterocycles. The lowest BCUT2D eigenvalue weighted by atomic mass is 9.60. The van der Waals surface area contributed by atoms with Crippen molar-refractivity contribution in [2.45, 2.75) is 71.8 Å². The van der Waals surface area contributed by atoms with Crippen molar-refractivity contribution in [3.8, 4) is 0 Å². The molecule has 1 heterocycles. The van der Waals surface area contributed by atoms with E-state index >= 15 is 0 Å². The van der Waals surface area contributed by atoms with Crippen molar-refractivity contribution in [2.24, 2.45) is 11.3 Å².